The van der Waals surface area contributed by atoms with Gasteiger partial charge in [-0.2, -0.15) is 0 Å². The van der Waals surface area contributed by atoms with Crippen molar-refractivity contribution in [2.75, 3.05) is 16.5 Å². The third kappa shape index (κ3) is 4.76. The van der Waals surface area contributed by atoms with Crippen LogP contribution in [0.2, 0.25) is 0 Å². The van der Waals surface area contributed by atoms with Gasteiger partial charge in [-0.15, -0.1) is 0 Å². The molecule has 0 unspecified atom stereocenters. The third-order valence-electron chi connectivity index (χ3n) is 5.20. The summed E-state index contributed by atoms with van der Waals surface area (Å²) in [5.41, 5.74) is 5.85. The molecule has 0 amide bonds. The Hall–Kier alpha value is -3.21. The van der Waals surface area contributed by atoms with Crippen molar-refractivity contribution >= 4 is 28.8 Å². The molecule has 2 N–H and O–H groups in total. The van der Waals surface area contributed by atoms with E-state index in [4.69, 9.17) is 5.84 Å². The number of thioether (sulfide) groups is 1. The Morgan fingerprint density at radius 1 is 0.903 bits per heavy atom. The fourth-order valence-corrected chi connectivity index (χ4v) is 4.84. The van der Waals surface area contributed by atoms with Crippen molar-refractivity contribution in [1.29, 1.82) is 0 Å². The van der Waals surface area contributed by atoms with Gasteiger partial charge in [0.15, 0.2) is 0 Å². The van der Waals surface area contributed by atoms with Crippen LogP contribution in [0.1, 0.15) is 13.3 Å². The van der Waals surface area contributed by atoms with E-state index in [0.717, 1.165) is 24.3 Å². The molecule has 1 aliphatic carbocycles. The van der Waals surface area contributed by atoms with Crippen LogP contribution in [0.3, 0.4) is 0 Å². The van der Waals surface area contributed by atoms with Crippen LogP contribution in [0.15, 0.2) is 125 Å². The fourth-order valence-electron chi connectivity index (χ4n) is 3.65. The number of nitrogens with zero attached hydrogens (tertiary/aromatic N) is 2. The van der Waals surface area contributed by atoms with E-state index in [1.165, 1.54) is 26.8 Å². The van der Waals surface area contributed by atoms with E-state index in [0.29, 0.717) is 0 Å². The van der Waals surface area contributed by atoms with Gasteiger partial charge < -0.3 is 4.90 Å². The van der Waals surface area contributed by atoms with Crippen LogP contribution in [0, 0.1) is 0 Å². The Morgan fingerprint density at radius 2 is 1.48 bits per heavy atom. The molecule has 3 nitrogen and oxygen atoms in total. The number of allylic oxidation sites excluding steroid dienone is 3. The summed E-state index contributed by atoms with van der Waals surface area (Å²) in [6.45, 7) is 7.27. The summed E-state index contributed by atoms with van der Waals surface area (Å²) in [7, 11) is 0. The topological polar surface area (TPSA) is 32.5 Å². The van der Waals surface area contributed by atoms with E-state index in [1.54, 1.807) is 5.01 Å². The van der Waals surface area contributed by atoms with E-state index >= 15 is 0 Å². The zero-order valence-electron chi connectivity index (χ0n) is 17.7. The van der Waals surface area contributed by atoms with Gasteiger partial charge in [0.2, 0.25) is 0 Å². The van der Waals surface area contributed by atoms with Crippen LogP contribution in [-0.2, 0) is 0 Å². The first kappa shape index (κ1) is 21.0. The Kier molecular flexibility index (Phi) is 6.60. The standard InChI is InChI=1S/C15H15NS.C12H12N2/c1-3-16-12-6-4-5-7-14(12)17-15-10-11(2)8-9-13(15)16;13-14(11-7-3-1-4-8-11)12-9-5-2-6-10-12/h4-7,9-10H,2-3,8H2,1H3;1-10H,13H2. The normalized spacial score (nSPS) is 14.4. The molecule has 2 aliphatic rings. The van der Waals surface area contributed by atoms with Gasteiger partial charge in [-0.25, -0.2) is 5.84 Å². The molecule has 0 radical (unpaired) electrons. The molecule has 156 valence electrons. The highest BCUT2D eigenvalue weighted by Crippen LogP contribution is 2.47. The second-order valence-electron chi connectivity index (χ2n) is 7.32. The fraction of sp³-hybridized carbons (Fsp3) is 0.111. The molecule has 0 spiro atoms. The molecule has 0 atom stereocenters. The minimum absolute atomic E-state index is 0.970. The SMILES string of the molecule is C=C1C=C2Sc3ccccc3N(CC)C2=CC1.NN(c1ccccc1)c1ccccc1. The number of hydrogen-bond acceptors (Lipinski definition) is 4. The van der Waals surface area contributed by atoms with Gasteiger partial charge in [0, 0.05) is 16.3 Å². The summed E-state index contributed by atoms with van der Waals surface area (Å²) in [4.78, 5) is 5.07. The summed E-state index contributed by atoms with van der Waals surface area (Å²) in [6, 6.07) is 28.4. The van der Waals surface area contributed by atoms with Crippen molar-refractivity contribution in [3.8, 4) is 0 Å². The van der Waals surface area contributed by atoms with Crippen molar-refractivity contribution in [2.24, 2.45) is 5.84 Å². The highest BCUT2D eigenvalue weighted by molar-refractivity contribution is 8.03. The van der Waals surface area contributed by atoms with Gasteiger partial charge in [0.05, 0.1) is 22.8 Å². The molecule has 0 saturated heterocycles. The monoisotopic (exact) mass is 425 g/mol. The average Bonchev–Trinajstić information content (AvgIpc) is 2.83. The summed E-state index contributed by atoms with van der Waals surface area (Å²) < 4.78 is 0. The Labute approximate surface area is 189 Å². The Balaban J connectivity index is 0.000000152. The maximum absolute atomic E-state index is 5.95. The van der Waals surface area contributed by atoms with Crippen molar-refractivity contribution < 1.29 is 0 Å². The van der Waals surface area contributed by atoms with Crippen LogP contribution in [0.25, 0.3) is 0 Å². The van der Waals surface area contributed by atoms with Crippen LogP contribution >= 0.6 is 11.8 Å². The lowest BCUT2D eigenvalue weighted by molar-refractivity contribution is 0.936. The minimum atomic E-state index is 0.970. The number of nitrogens with two attached hydrogens (primary N) is 1. The zero-order chi connectivity index (χ0) is 21.6. The van der Waals surface area contributed by atoms with Gasteiger partial charge in [-0.3, -0.25) is 5.01 Å². The molecule has 4 heteroatoms. The molecule has 0 fully saturated rings. The highest BCUT2D eigenvalue weighted by atomic mass is 32.2. The second-order valence-corrected chi connectivity index (χ2v) is 8.40. The maximum Gasteiger partial charge on any atom is 0.0575 e. The van der Waals surface area contributed by atoms with Crippen molar-refractivity contribution in [3.63, 3.8) is 0 Å². The number of likely N-dealkylation sites (N-methyl/N-ethyl adjacent to an activating group) is 1. The molecule has 0 aromatic heterocycles. The zero-order valence-corrected chi connectivity index (χ0v) is 18.6. The second kappa shape index (κ2) is 9.73. The molecule has 3 aromatic rings. The molecule has 31 heavy (non-hydrogen) atoms. The highest BCUT2D eigenvalue weighted by Gasteiger charge is 2.25. The van der Waals surface area contributed by atoms with Crippen molar-refractivity contribution in [3.05, 3.63) is 120 Å². The smallest absolute Gasteiger partial charge is 0.0575 e. The van der Waals surface area contributed by atoms with E-state index in [2.05, 4.69) is 54.8 Å². The first-order valence-electron chi connectivity index (χ1n) is 10.5. The molecule has 1 aliphatic heterocycles. The lowest BCUT2D eigenvalue weighted by atomic mass is 10.1. The minimum Gasteiger partial charge on any atom is -0.340 e. The predicted molar refractivity (Wildman–Crippen MR) is 134 cm³/mol. The van der Waals surface area contributed by atoms with E-state index in [1.807, 2.05) is 72.4 Å². The lowest BCUT2D eigenvalue weighted by Crippen LogP contribution is -2.26. The van der Waals surface area contributed by atoms with Gasteiger partial charge in [-0.05, 0) is 55.8 Å². The number of benzene rings is 3. The summed E-state index contributed by atoms with van der Waals surface area (Å²) >= 11 is 1.85. The molecule has 3 aromatic carbocycles. The van der Waals surface area contributed by atoms with Gasteiger partial charge in [-0.1, -0.05) is 78.5 Å². The first-order valence-corrected chi connectivity index (χ1v) is 11.3. The van der Waals surface area contributed by atoms with Gasteiger partial charge in [0.25, 0.3) is 0 Å². The number of hydrazine groups is 1. The van der Waals surface area contributed by atoms with Crippen LogP contribution < -0.4 is 15.8 Å². The Morgan fingerprint density at radius 3 is 2.10 bits per heavy atom. The van der Waals surface area contributed by atoms with E-state index in [-0.39, 0.29) is 0 Å². The van der Waals surface area contributed by atoms with Crippen molar-refractivity contribution in [1.82, 2.24) is 0 Å². The Bertz CT molecular complexity index is 1060. The maximum atomic E-state index is 5.95. The summed E-state index contributed by atoms with van der Waals surface area (Å²) in [5, 5.41) is 1.67. The molecular formula is C27H27N3S. The van der Waals surface area contributed by atoms with Crippen LogP contribution in [0.4, 0.5) is 17.1 Å². The van der Waals surface area contributed by atoms with Crippen LogP contribution in [-0.4, -0.2) is 6.54 Å². The predicted octanol–water partition coefficient (Wildman–Crippen LogP) is 7.04. The number of fused-ring (bicyclic) bond motifs is 2. The summed E-state index contributed by atoms with van der Waals surface area (Å²) in [5.74, 6) is 5.95. The molecule has 1 heterocycles. The quantitative estimate of drug-likeness (QED) is 0.360. The van der Waals surface area contributed by atoms with Gasteiger partial charge in [0.1, 0.15) is 0 Å². The first-order chi connectivity index (χ1) is 15.2. The molecule has 0 bridgehead atoms. The lowest BCUT2D eigenvalue weighted by Gasteiger charge is -2.35. The number of rotatable bonds is 3. The van der Waals surface area contributed by atoms with Gasteiger partial charge >= 0.3 is 0 Å². The largest absolute Gasteiger partial charge is 0.340 e. The number of para-hydroxylation sites is 3. The average molecular weight is 426 g/mol. The summed E-state index contributed by atoms with van der Waals surface area (Å²) in [6.07, 6.45) is 5.49. The molecular weight excluding hydrogens is 398 g/mol. The molecule has 0 saturated carbocycles. The molecule has 5 rings (SSSR count). The van der Waals surface area contributed by atoms with E-state index < -0.39 is 0 Å². The van der Waals surface area contributed by atoms with Crippen molar-refractivity contribution in [2.45, 2.75) is 18.2 Å². The number of anilines is 3. The number of hydrogen-bond donors (Lipinski definition) is 1. The third-order valence-corrected chi connectivity index (χ3v) is 6.31. The van der Waals surface area contributed by atoms with Crippen LogP contribution in [0.5, 0.6) is 0 Å². The van der Waals surface area contributed by atoms with E-state index in [9.17, 15) is 0 Å².